The Balaban J connectivity index is 2.19. The predicted octanol–water partition coefficient (Wildman–Crippen LogP) is 3.48. The molecule has 1 fully saturated rings. The second-order valence-corrected chi connectivity index (χ2v) is 6.47. The van der Waals surface area contributed by atoms with Gasteiger partial charge >= 0.3 is 0 Å². The Labute approximate surface area is 120 Å². The lowest BCUT2D eigenvalue weighted by Gasteiger charge is -2.31. The molecule has 1 heterocycles. The topological polar surface area (TPSA) is 29.3 Å². The van der Waals surface area contributed by atoms with E-state index in [0.717, 1.165) is 32.0 Å². The maximum atomic E-state index is 14.0. The molecule has 112 valence electrons. The van der Waals surface area contributed by atoms with Crippen molar-refractivity contribution in [3.8, 4) is 0 Å². The summed E-state index contributed by atoms with van der Waals surface area (Å²) in [7, 11) is 0. The maximum Gasteiger partial charge on any atom is 0.130 e. The Kier molecular flexibility index (Phi) is 4.76. The van der Waals surface area contributed by atoms with Crippen molar-refractivity contribution in [1.82, 2.24) is 4.90 Å². The average Bonchev–Trinajstić information content (AvgIpc) is 2.54. The van der Waals surface area contributed by atoms with Crippen molar-refractivity contribution in [1.29, 1.82) is 0 Å². The lowest BCUT2D eigenvalue weighted by atomic mass is 9.85. The van der Waals surface area contributed by atoms with Crippen LogP contribution in [0.25, 0.3) is 0 Å². The van der Waals surface area contributed by atoms with Gasteiger partial charge in [-0.05, 0) is 43.8 Å². The van der Waals surface area contributed by atoms with Crippen LogP contribution in [-0.2, 0) is 0 Å². The predicted molar refractivity (Wildman–Crippen MR) is 77.4 cm³/mol. The summed E-state index contributed by atoms with van der Waals surface area (Å²) in [6.45, 7) is 6.72. The van der Waals surface area contributed by atoms with Crippen molar-refractivity contribution < 1.29 is 8.78 Å². The van der Waals surface area contributed by atoms with Crippen molar-refractivity contribution >= 4 is 0 Å². The average molecular weight is 282 g/mol. The lowest BCUT2D eigenvalue weighted by Crippen LogP contribution is -2.35. The van der Waals surface area contributed by atoms with Crippen LogP contribution in [0.5, 0.6) is 0 Å². The van der Waals surface area contributed by atoms with E-state index in [4.69, 9.17) is 5.73 Å². The Bertz CT molecular complexity index is 460. The van der Waals surface area contributed by atoms with Gasteiger partial charge in [0.25, 0.3) is 0 Å². The molecule has 1 aliphatic heterocycles. The second kappa shape index (κ2) is 6.19. The van der Waals surface area contributed by atoms with Crippen molar-refractivity contribution in [3.05, 3.63) is 35.4 Å². The van der Waals surface area contributed by atoms with E-state index in [9.17, 15) is 8.78 Å². The molecule has 1 saturated heterocycles. The first kappa shape index (κ1) is 15.4. The standard InChI is InChI=1S/C16H24F2N2/c1-16(2)6-3-8-20(9-7-16)15(11-19)13-5-4-12(17)10-14(13)18/h4-5,10,15H,3,6-9,11,19H2,1-2H3. The van der Waals surface area contributed by atoms with E-state index in [2.05, 4.69) is 18.7 Å². The first-order valence-corrected chi connectivity index (χ1v) is 7.32. The Hall–Kier alpha value is -1.00. The zero-order valence-electron chi connectivity index (χ0n) is 12.3. The summed E-state index contributed by atoms with van der Waals surface area (Å²) in [6.07, 6.45) is 3.34. The zero-order valence-corrected chi connectivity index (χ0v) is 12.3. The molecule has 0 spiro atoms. The summed E-state index contributed by atoms with van der Waals surface area (Å²) in [5, 5.41) is 0. The third-order valence-electron chi connectivity index (χ3n) is 4.36. The van der Waals surface area contributed by atoms with Gasteiger partial charge in [0, 0.05) is 24.2 Å². The van der Waals surface area contributed by atoms with Crippen molar-refractivity contribution in [3.63, 3.8) is 0 Å². The Morgan fingerprint density at radius 3 is 2.65 bits per heavy atom. The summed E-state index contributed by atoms with van der Waals surface area (Å²) in [5.41, 5.74) is 6.70. The number of halogens is 2. The van der Waals surface area contributed by atoms with Crippen molar-refractivity contribution in [2.75, 3.05) is 19.6 Å². The van der Waals surface area contributed by atoms with Gasteiger partial charge in [0.2, 0.25) is 0 Å². The van der Waals surface area contributed by atoms with Gasteiger partial charge in [-0.25, -0.2) is 8.78 Å². The number of benzene rings is 1. The third kappa shape index (κ3) is 3.55. The van der Waals surface area contributed by atoms with Gasteiger partial charge in [0.05, 0.1) is 0 Å². The van der Waals surface area contributed by atoms with E-state index in [-0.39, 0.29) is 6.04 Å². The number of rotatable bonds is 3. The number of hydrogen-bond donors (Lipinski definition) is 1. The molecule has 4 heteroatoms. The number of likely N-dealkylation sites (tertiary alicyclic amines) is 1. The van der Waals surface area contributed by atoms with Crippen LogP contribution in [0.3, 0.4) is 0 Å². The van der Waals surface area contributed by atoms with E-state index < -0.39 is 11.6 Å². The highest BCUT2D eigenvalue weighted by atomic mass is 19.1. The third-order valence-corrected chi connectivity index (χ3v) is 4.36. The maximum absolute atomic E-state index is 14.0. The van der Waals surface area contributed by atoms with Gasteiger partial charge in [0.15, 0.2) is 0 Å². The van der Waals surface area contributed by atoms with Crippen LogP contribution < -0.4 is 5.73 Å². The molecule has 2 nitrogen and oxygen atoms in total. The normalized spacial score (nSPS) is 21.4. The van der Waals surface area contributed by atoms with Crippen LogP contribution in [0, 0.1) is 17.0 Å². The zero-order chi connectivity index (χ0) is 14.8. The van der Waals surface area contributed by atoms with E-state index >= 15 is 0 Å². The van der Waals surface area contributed by atoms with Crippen LogP contribution in [0.15, 0.2) is 18.2 Å². The minimum absolute atomic E-state index is 0.163. The van der Waals surface area contributed by atoms with Gasteiger partial charge in [-0.2, -0.15) is 0 Å². The number of hydrogen-bond acceptors (Lipinski definition) is 2. The molecular weight excluding hydrogens is 258 g/mol. The smallest absolute Gasteiger partial charge is 0.130 e. The summed E-state index contributed by atoms with van der Waals surface area (Å²) in [4.78, 5) is 2.24. The fourth-order valence-electron chi connectivity index (χ4n) is 3.00. The quantitative estimate of drug-likeness (QED) is 0.919. The summed E-state index contributed by atoms with van der Waals surface area (Å²) in [5.74, 6) is -1.04. The van der Waals surface area contributed by atoms with Crippen LogP contribution >= 0.6 is 0 Å². The Morgan fingerprint density at radius 1 is 1.25 bits per heavy atom. The summed E-state index contributed by atoms with van der Waals surface area (Å²) in [6, 6.07) is 3.62. The lowest BCUT2D eigenvalue weighted by molar-refractivity contribution is 0.196. The Morgan fingerprint density at radius 2 is 2.00 bits per heavy atom. The second-order valence-electron chi connectivity index (χ2n) is 6.47. The molecule has 1 aliphatic rings. The molecule has 20 heavy (non-hydrogen) atoms. The molecule has 1 aromatic rings. The van der Waals surface area contributed by atoms with Gasteiger partial charge in [-0.3, -0.25) is 4.90 Å². The molecule has 0 amide bonds. The first-order valence-electron chi connectivity index (χ1n) is 7.32. The summed E-state index contributed by atoms with van der Waals surface area (Å²) < 4.78 is 27.0. The fraction of sp³-hybridized carbons (Fsp3) is 0.625. The monoisotopic (exact) mass is 282 g/mol. The van der Waals surface area contributed by atoms with E-state index in [1.54, 1.807) is 0 Å². The van der Waals surface area contributed by atoms with Crippen LogP contribution in [0.2, 0.25) is 0 Å². The molecular formula is C16H24F2N2. The molecule has 0 saturated carbocycles. The molecule has 0 aliphatic carbocycles. The SMILES string of the molecule is CC1(C)CCCN(C(CN)c2ccc(F)cc2F)CC1. The van der Waals surface area contributed by atoms with Crippen LogP contribution in [-0.4, -0.2) is 24.5 Å². The highest BCUT2D eigenvalue weighted by molar-refractivity contribution is 5.22. The molecule has 1 atom stereocenters. The highest BCUT2D eigenvalue weighted by Crippen LogP contribution is 2.33. The fourth-order valence-corrected chi connectivity index (χ4v) is 3.00. The molecule has 0 radical (unpaired) electrons. The molecule has 1 aromatic carbocycles. The van der Waals surface area contributed by atoms with Crippen LogP contribution in [0.1, 0.15) is 44.7 Å². The number of nitrogens with two attached hydrogens (primary N) is 1. The van der Waals surface area contributed by atoms with E-state index in [1.165, 1.54) is 18.6 Å². The first-order chi connectivity index (χ1) is 9.43. The van der Waals surface area contributed by atoms with E-state index in [0.29, 0.717) is 17.5 Å². The molecule has 1 unspecified atom stereocenters. The van der Waals surface area contributed by atoms with Gasteiger partial charge in [0.1, 0.15) is 11.6 Å². The molecule has 0 aromatic heterocycles. The van der Waals surface area contributed by atoms with Crippen molar-refractivity contribution in [2.45, 2.75) is 39.2 Å². The van der Waals surface area contributed by atoms with E-state index in [1.807, 2.05) is 0 Å². The minimum Gasteiger partial charge on any atom is -0.329 e. The van der Waals surface area contributed by atoms with Gasteiger partial charge in [-0.15, -0.1) is 0 Å². The summed E-state index contributed by atoms with van der Waals surface area (Å²) >= 11 is 0. The van der Waals surface area contributed by atoms with Gasteiger partial charge < -0.3 is 5.73 Å². The van der Waals surface area contributed by atoms with Crippen molar-refractivity contribution in [2.24, 2.45) is 11.1 Å². The van der Waals surface area contributed by atoms with Gasteiger partial charge in [-0.1, -0.05) is 19.9 Å². The van der Waals surface area contributed by atoms with Crippen LogP contribution in [0.4, 0.5) is 8.78 Å². The molecule has 2 N–H and O–H groups in total. The minimum atomic E-state index is -0.543. The highest BCUT2D eigenvalue weighted by Gasteiger charge is 2.28. The largest absolute Gasteiger partial charge is 0.329 e. The molecule has 2 rings (SSSR count). The molecule has 0 bridgehead atoms. The number of nitrogens with zero attached hydrogens (tertiary/aromatic N) is 1.